The highest BCUT2D eigenvalue weighted by Gasteiger charge is 2.19. The maximum absolute atomic E-state index is 11.3. The maximum Gasteiger partial charge on any atom is 0.339 e. The number of methoxy groups -OCH3 is 1. The highest BCUT2D eigenvalue weighted by atomic mass is 16.5. The number of aryl methyl sites for hydroxylation is 1. The van der Waals surface area contributed by atoms with Gasteiger partial charge in [0.2, 0.25) is 0 Å². The van der Waals surface area contributed by atoms with Crippen LogP contribution in [0.3, 0.4) is 0 Å². The summed E-state index contributed by atoms with van der Waals surface area (Å²) < 4.78 is 9.84. The lowest BCUT2D eigenvalue weighted by Crippen LogP contribution is -2.15. The Morgan fingerprint density at radius 2 is 2.19 bits per heavy atom. The first kappa shape index (κ1) is 12.5. The first-order valence-electron chi connectivity index (χ1n) is 5.09. The van der Waals surface area contributed by atoms with E-state index in [-0.39, 0.29) is 6.61 Å². The average Bonchev–Trinajstić information content (AvgIpc) is 2.29. The summed E-state index contributed by atoms with van der Waals surface area (Å²) in [7, 11) is 1.54. The molecule has 0 aliphatic heterocycles. The fourth-order valence-electron chi connectivity index (χ4n) is 1.36. The van der Waals surface area contributed by atoms with Gasteiger partial charge in [-0.3, -0.25) is 0 Å². The Labute approximate surface area is 94.8 Å². The van der Waals surface area contributed by atoms with E-state index >= 15 is 0 Å². The molecule has 1 rings (SSSR count). The second-order valence-corrected chi connectivity index (χ2v) is 3.38. The Morgan fingerprint density at radius 3 is 2.75 bits per heavy atom. The van der Waals surface area contributed by atoms with Gasteiger partial charge < -0.3 is 14.6 Å². The summed E-state index contributed by atoms with van der Waals surface area (Å²) in [4.78, 5) is 11.3. The number of benzene rings is 1. The molecule has 0 saturated carbocycles. The molecular weight excluding hydrogens is 208 g/mol. The highest BCUT2D eigenvalue weighted by Crippen LogP contribution is 2.23. The van der Waals surface area contributed by atoms with Crippen molar-refractivity contribution < 1.29 is 19.4 Å². The Balaban J connectivity index is 2.91. The maximum atomic E-state index is 11.3. The van der Waals surface area contributed by atoms with Gasteiger partial charge >= 0.3 is 5.97 Å². The molecule has 0 spiro atoms. The van der Waals surface area contributed by atoms with E-state index in [9.17, 15) is 9.90 Å². The number of aliphatic hydroxyl groups excluding tert-OH is 1. The molecule has 1 atom stereocenters. The zero-order valence-corrected chi connectivity index (χ0v) is 9.69. The molecule has 0 bridgehead atoms. The van der Waals surface area contributed by atoms with Crippen LogP contribution in [0.5, 0.6) is 5.75 Å². The molecule has 0 heterocycles. The van der Waals surface area contributed by atoms with Gasteiger partial charge in [-0.1, -0.05) is 12.1 Å². The minimum Gasteiger partial charge on any atom is -0.496 e. The summed E-state index contributed by atoms with van der Waals surface area (Å²) in [6.45, 7) is 3.83. The predicted octanol–water partition coefficient (Wildman–Crippen LogP) is 1.60. The van der Waals surface area contributed by atoms with Crippen LogP contribution in [-0.2, 0) is 9.53 Å². The molecule has 0 amide bonds. The molecule has 4 nitrogen and oxygen atoms in total. The molecule has 1 aromatic carbocycles. The van der Waals surface area contributed by atoms with Crippen molar-refractivity contribution in [1.82, 2.24) is 0 Å². The van der Waals surface area contributed by atoms with Crippen LogP contribution in [0.4, 0.5) is 0 Å². The van der Waals surface area contributed by atoms with Crippen LogP contribution in [0.15, 0.2) is 18.2 Å². The zero-order valence-electron chi connectivity index (χ0n) is 9.69. The van der Waals surface area contributed by atoms with Gasteiger partial charge in [0.05, 0.1) is 13.7 Å². The van der Waals surface area contributed by atoms with Crippen molar-refractivity contribution >= 4 is 5.97 Å². The van der Waals surface area contributed by atoms with E-state index in [4.69, 9.17) is 9.47 Å². The van der Waals surface area contributed by atoms with Crippen LogP contribution < -0.4 is 4.74 Å². The lowest BCUT2D eigenvalue weighted by atomic mass is 10.1. The molecule has 0 fully saturated rings. The number of hydrogen-bond acceptors (Lipinski definition) is 4. The normalized spacial score (nSPS) is 12.0. The summed E-state index contributed by atoms with van der Waals surface area (Å²) in [5.41, 5.74) is 1.42. The zero-order chi connectivity index (χ0) is 12.1. The first-order valence-corrected chi connectivity index (χ1v) is 5.09. The van der Waals surface area contributed by atoms with Crippen molar-refractivity contribution in [2.24, 2.45) is 0 Å². The van der Waals surface area contributed by atoms with Crippen LogP contribution in [0, 0.1) is 6.92 Å². The standard InChI is InChI=1S/C12H16O4/c1-4-16-12(14)11(13)9-6-5-8(2)10(7-9)15-3/h5-7,11,13H,4H2,1-3H3. The van der Waals surface area contributed by atoms with Gasteiger partial charge in [0.15, 0.2) is 6.10 Å². The minimum atomic E-state index is -1.26. The average molecular weight is 224 g/mol. The van der Waals surface area contributed by atoms with Gasteiger partial charge in [0, 0.05) is 0 Å². The van der Waals surface area contributed by atoms with Crippen LogP contribution in [0.1, 0.15) is 24.2 Å². The molecule has 1 unspecified atom stereocenters. The molecule has 88 valence electrons. The van der Waals surface area contributed by atoms with Crippen molar-refractivity contribution in [3.05, 3.63) is 29.3 Å². The lowest BCUT2D eigenvalue weighted by Gasteiger charge is -2.12. The van der Waals surface area contributed by atoms with Gasteiger partial charge in [-0.15, -0.1) is 0 Å². The van der Waals surface area contributed by atoms with Gasteiger partial charge in [0.1, 0.15) is 5.75 Å². The van der Waals surface area contributed by atoms with Crippen LogP contribution >= 0.6 is 0 Å². The Hall–Kier alpha value is -1.55. The molecule has 4 heteroatoms. The Morgan fingerprint density at radius 1 is 1.50 bits per heavy atom. The predicted molar refractivity (Wildman–Crippen MR) is 59.3 cm³/mol. The summed E-state index contributed by atoms with van der Waals surface area (Å²) in [5, 5.41) is 9.70. The fourth-order valence-corrected chi connectivity index (χ4v) is 1.36. The number of carbonyl (C=O) groups is 1. The van der Waals surface area contributed by atoms with E-state index in [2.05, 4.69) is 0 Å². The molecule has 0 radical (unpaired) electrons. The molecule has 0 aromatic heterocycles. The molecule has 16 heavy (non-hydrogen) atoms. The SMILES string of the molecule is CCOC(=O)C(O)c1ccc(C)c(OC)c1. The minimum absolute atomic E-state index is 0.249. The summed E-state index contributed by atoms with van der Waals surface area (Å²) in [6, 6.07) is 5.10. The molecule has 0 saturated heterocycles. The topological polar surface area (TPSA) is 55.8 Å². The van der Waals surface area contributed by atoms with E-state index in [0.717, 1.165) is 5.56 Å². The smallest absolute Gasteiger partial charge is 0.339 e. The summed E-state index contributed by atoms with van der Waals surface area (Å²) in [5.74, 6) is -0.00532. The van der Waals surface area contributed by atoms with Crippen LogP contribution in [0.25, 0.3) is 0 Å². The third kappa shape index (κ3) is 2.73. The third-order valence-corrected chi connectivity index (χ3v) is 2.26. The van der Waals surface area contributed by atoms with Crippen molar-refractivity contribution in [2.75, 3.05) is 13.7 Å². The van der Waals surface area contributed by atoms with Gasteiger partial charge in [-0.05, 0) is 31.0 Å². The highest BCUT2D eigenvalue weighted by molar-refractivity contribution is 5.76. The first-order chi connectivity index (χ1) is 7.60. The number of carbonyl (C=O) groups excluding carboxylic acids is 1. The van der Waals surface area contributed by atoms with E-state index in [1.807, 2.05) is 6.92 Å². The largest absolute Gasteiger partial charge is 0.496 e. The number of aliphatic hydroxyl groups is 1. The quantitative estimate of drug-likeness (QED) is 0.789. The number of rotatable bonds is 4. The van der Waals surface area contributed by atoms with Crippen molar-refractivity contribution in [3.8, 4) is 5.75 Å². The molecule has 0 aliphatic rings. The number of hydrogen-bond donors (Lipinski definition) is 1. The van der Waals surface area contributed by atoms with Crippen molar-refractivity contribution in [3.63, 3.8) is 0 Å². The summed E-state index contributed by atoms with van der Waals surface area (Å²) in [6.07, 6.45) is -1.26. The van der Waals surface area contributed by atoms with Crippen LogP contribution in [0.2, 0.25) is 0 Å². The number of ether oxygens (including phenoxy) is 2. The fraction of sp³-hybridized carbons (Fsp3) is 0.417. The van der Waals surface area contributed by atoms with Gasteiger partial charge in [-0.25, -0.2) is 4.79 Å². The van der Waals surface area contributed by atoms with Gasteiger partial charge in [-0.2, -0.15) is 0 Å². The molecule has 1 aromatic rings. The van der Waals surface area contributed by atoms with E-state index < -0.39 is 12.1 Å². The van der Waals surface area contributed by atoms with E-state index in [0.29, 0.717) is 11.3 Å². The monoisotopic (exact) mass is 224 g/mol. The van der Waals surface area contributed by atoms with E-state index in [1.165, 1.54) is 0 Å². The Kier molecular flexibility index (Phi) is 4.31. The third-order valence-electron chi connectivity index (χ3n) is 2.26. The van der Waals surface area contributed by atoms with Crippen molar-refractivity contribution in [1.29, 1.82) is 0 Å². The lowest BCUT2D eigenvalue weighted by molar-refractivity contribution is -0.153. The Bertz CT molecular complexity index is 373. The molecule has 1 N–H and O–H groups in total. The van der Waals surface area contributed by atoms with Gasteiger partial charge in [0.25, 0.3) is 0 Å². The number of esters is 1. The van der Waals surface area contributed by atoms with E-state index in [1.54, 1.807) is 32.2 Å². The second kappa shape index (κ2) is 5.51. The second-order valence-electron chi connectivity index (χ2n) is 3.38. The molecular formula is C12H16O4. The summed E-state index contributed by atoms with van der Waals surface area (Å²) >= 11 is 0. The van der Waals surface area contributed by atoms with Crippen LogP contribution in [-0.4, -0.2) is 24.8 Å². The molecule has 0 aliphatic carbocycles. The van der Waals surface area contributed by atoms with Crippen molar-refractivity contribution in [2.45, 2.75) is 20.0 Å².